The van der Waals surface area contributed by atoms with Crippen molar-refractivity contribution in [3.63, 3.8) is 0 Å². The molecule has 0 fully saturated rings. The Hall–Kier alpha value is -2.61. The molecule has 0 spiro atoms. The van der Waals surface area contributed by atoms with Crippen molar-refractivity contribution in [3.05, 3.63) is 66.7 Å². The zero-order valence-corrected chi connectivity index (χ0v) is 11.2. The van der Waals surface area contributed by atoms with Crippen molar-refractivity contribution >= 4 is 33.1 Å². The summed E-state index contributed by atoms with van der Waals surface area (Å²) in [6, 6.07) is 18.2. The lowest BCUT2D eigenvalue weighted by atomic mass is 9.94. The van der Waals surface area contributed by atoms with Crippen LogP contribution in [0.5, 0.6) is 0 Å². The molecule has 0 saturated heterocycles. The predicted octanol–water partition coefficient (Wildman–Crippen LogP) is 4.18. The van der Waals surface area contributed by atoms with E-state index in [1.165, 1.54) is 12.5 Å². The molecular weight excluding hydrogens is 248 g/mol. The largest absolute Gasteiger partial charge is 0.465 e. The zero-order chi connectivity index (χ0) is 14.1. The number of fused-ring (bicyclic) bond motifs is 3. The highest BCUT2D eigenvalue weighted by molar-refractivity contribution is 6.22. The topological polar surface area (TPSA) is 26.3 Å². The maximum atomic E-state index is 11.8. The highest BCUT2D eigenvalue weighted by Gasteiger charge is 2.14. The molecule has 0 aliphatic heterocycles. The second kappa shape index (κ2) is 4.82. The van der Waals surface area contributed by atoms with Gasteiger partial charge in [-0.1, -0.05) is 55.1 Å². The third-order valence-electron chi connectivity index (χ3n) is 3.52. The molecule has 3 aromatic rings. The molecule has 0 aromatic heterocycles. The molecule has 0 saturated carbocycles. The van der Waals surface area contributed by atoms with Gasteiger partial charge in [-0.15, -0.1) is 0 Å². The number of hydrogen-bond acceptors (Lipinski definition) is 2. The van der Waals surface area contributed by atoms with Crippen LogP contribution < -0.4 is 0 Å². The first-order chi connectivity index (χ1) is 9.72. The summed E-state index contributed by atoms with van der Waals surface area (Å²) in [6.45, 7) is 3.88. The van der Waals surface area contributed by atoms with E-state index >= 15 is 0 Å². The van der Waals surface area contributed by atoms with Crippen LogP contribution in [0.2, 0.25) is 0 Å². The smallest absolute Gasteiger partial charge is 0.337 e. The minimum atomic E-state index is -0.398. The number of hydrogen-bond donors (Lipinski definition) is 0. The minimum absolute atomic E-state index is 0.384. The Morgan fingerprint density at radius 2 is 1.55 bits per heavy atom. The van der Waals surface area contributed by atoms with E-state index in [1.807, 2.05) is 42.5 Å². The van der Waals surface area contributed by atoms with Crippen molar-refractivity contribution in [3.8, 4) is 0 Å². The first-order valence-electron chi connectivity index (χ1n) is 6.40. The van der Waals surface area contributed by atoms with Crippen molar-refractivity contribution in [2.24, 2.45) is 0 Å². The molecule has 0 bridgehead atoms. The normalized spacial score (nSPS) is 10.7. The number of benzene rings is 3. The van der Waals surface area contributed by atoms with Gasteiger partial charge in [0.05, 0.1) is 12.7 Å². The Bertz CT molecular complexity index is 831. The Morgan fingerprint density at radius 1 is 0.950 bits per heavy atom. The maximum absolute atomic E-state index is 11.8. The Labute approximate surface area is 117 Å². The molecule has 3 rings (SSSR count). The van der Waals surface area contributed by atoms with Gasteiger partial charge in [0.1, 0.15) is 0 Å². The van der Waals surface area contributed by atoms with Gasteiger partial charge in [0.25, 0.3) is 0 Å². The van der Waals surface area contributed by atoms with E-state index < -0.39 is 5.97 Å². The van der Waals surface area contributed by atoms with E-state index in [1.54, 1.807) is 0 Å². The van der Waals surface area contributed by atoms with Crippen LogP contribution in [-0.2, 0) is 9.53 Å². The highest BCUT2D eigenvalue weighted by Crippen LogP contribution is 2.32. The van der Waals surface area contributed by atoms with Crippen molar-refractivity contribution in [2.75, 3.05) is 7.11 Å². The van der Waals surface area contributed by atoms with Crippen molar-refractivity contribution in [1.82, 2.24) is 0 Å². The lowest BCUT2D eigenvalue weighted by Crippen LogP contribution is -2.03. The fourth-order valence-corrected chi connectivity index (χ4v) is 2.54. The third-order valence-corrected chi connectivity index (χ3v) is 3.52. The first-order valence-corrected chi connectivity index (χ1v) is 6.40. The summed E-state index contributed by atoms with van der Waals surface area (Å²) in [5, 5.41) is 4.39. The van der Waals surface area contributed by atoms with Gasteiger partial charge in [-0.3, -0.25) is 0 Å². The molecule has 20 heavy (non-hydrogen) atoms. The van der Waals surface area contributed by atoms with E-state index in [-0.39, 0.29) is 0 Å². The standard InChI is InChI=1S/C18H14O2/c1-12(18(19)20-2)17-11-13-7-3-4-8-14(13)15-9-5-6-10-16(15)17/h3-11H,1H2,2H3. The second-order valence-corrected chi connectivity index (χ2v) is 4.66. The van der Waals surface area contributed by atoms with Crippen molar-refractivity contribution in [2.45, 2.75) is 0 Å². The van der Waals surface area contributed by atoms with Crippen LogP contribution in [-0.4, -0.2) is 13.1 Å². The van der Waals surface area contributed by atoms with E-state index in [0.29, 0.717) is 5.57 Å². The third kappa shape index (κ3) is 1.86. The van der Waals surface area contributed by atoms with Gasteiger partial charge in [0.15, 0.2) is 0 Å². The molecule has 0 radical (unpaired) electrons. The fraction of sp³-hybridized carbons (Fsp3) is 0.0556. The first kappa shape index (κ1) is 12.4. The number of carbonyl (C=O) groups is 1. The van der Waals surface area contributed by atoms with Crippen LogP contribution in [0.15, 0.2) is 61.2 Å². The van der Waals surface area contributed by atoms with Crippen LogP contribution in [0, 0.1) is 0 Å². The fourth-order valence-electron chi connectivity index (χ4n) is 2.54. The summed E-state index contributed by atoms with van der Waals surface area (Å²) in [6.07, 6.45) is 0. The van der Waals surface area contributed by atoms with Gasteiger partial charge < -0.3 is 4.74 Å². The average molecular weight is 262 g/mol. The molecule has 0 N–H and O–H groups in total. The molecular formula is C18H14O2. The van der Waals surface area contributed by atoms with E-state index in [4.69, 9.17) is 4.74 Å². The van der Waals surface area contributed by atoms with Crippen LogP contribution in [0.25, 0.3) is 27.1 Å². The Kier molecular flexibility index (Phi) is 2.99. The summed E-state index contributed by atoms with van der Waals surface area (Å²) < 4.78 is 4.79. The average Bonchev–Trinajstić information content (AvgIpc) is 2.52. The number of methoxy groups -OCH3 is 1. The SMILES string of the molecule is C=C(C(=O)OC)c1cc2ccccc2c2ccccc12. The summed E-state index contributed by atoms with van der Waals surface area (Å²) >= 11 is 0. The van der Waals surface area contributed by atoms with Gasteiger partial charge >= 0.3 is 5.97 Å². The lowest BCUT2D eigenvalue weighted by Gasteiger charge is -2.11. The maximum Gasteiger partial charge on any atom is 0.337 e. The van der Waals surface area contributed by atoms with Gasteiger partial charge in [-0.2, -0.15) is 0 Å². The molecule has 3 aromatic carbocycles. The molecule has 0 heterocycles. The van der Waals surface area contributed by atoms with E-state index in [0.717, 1.165) is 21.7 Å². The number of ether oxygens (including phenoxy) is 1. The van der Waals surface area contributed by atoms with Crippen molar-refractivity contribution in [1.29, 1.82) is 0 Å². The molecule has 2 nitrogen and oxygen atoms in total. The second-order valence-electron chi connectivity index (χ2n) is 4.66. The van der Waals surface area contributed by atoms with E-state index in [9.17, 15) is 4.79 Å². The Morgan fingerprint density at radius 3 is 2.25 bits per heavy atom. The lowest BCUT2D eigenvalue weighted by molar-refractivity contribution is -0.133. The molecule has 98 valence electrons. The Balaban J connectivity index is 2.40. The van der Waals surface area contributed by atoms with Crippen LogP contribution in [0.1, 0.15) is 5.56 Å². The summed E-state index contributed by atoms with van der Waals surface area (Å²) in [4.78, 5) is 11.8. The quantitative estimate of drug-likeness (QED) is 0.393. The predicted molar refractivity (Wildman–Crippen MR) is 82.5 cm³/mol. The molecule has 0 unspecified atom stereocenters. The number of esters is 1. The minimum Gasteiger partial charge on any atom is -0.465 e. The van der Waals surface area contributed by atoms with Gasteiger partial charge in [0, 0.05) is 0 Å². The van der Waals surface area contributed by atoms with Gasteiger partial charge in [0.2, 0.25) is 0 Å². The monoisotopic (exact) mass is 262 g/mol. The molecule has 0 amide bonds. The van der Waals surface area contributed by atoms with Crippen LogP contribution in [0.3, 0.4) is 0 Å². The summed E-state index contributed by atoms with van der Waals surface area (Å²) in [5.41, 5.74) is 1.21. The van der Waals surface area contributed by atoms with Gasteiger partial charge in [-0.25, -0.2) is 4.79 Å². The number of carbonyl (C=O) groups excluding carboxylic acids is 1. The molecule has 0 aliphatic rings. The van der Waals surface area contributed by atoms with Crippen molar-refractivity contribution < 1.29 is 9.53 Å². The van der Waals surface area contributed by atoms with Crippen LogP contribution in [0.4, 0.5) is 0 Å². The van der Waals surface area contributed by atoms with Crippen LogP contribution >= 0.6 is 0 Å². The van der Waals surface area contributed by atoms with Gasteiger partial charge in [-0.05, 0) is 33.2 Å². The summed E-state index contributed by atoms with van der Waals surface area (Å²) in [7, 11) is 1.37. The zero-order valence-electron chi connectivity index (χ0n) is 11.2. The van der Waals surface area contributed by atoms with E-state index in [2.05, 4.69) is 18.7 Å². The molecule has 0 aliphatic carbocycles. The molecule has 2 heteroatoms. The number of rotatable bonds is 2. The highest BCUT2D eigenvalue weighted by atomic mass is 16.5. The molecule has 0 atom stereocenters. The summed E-state index contributed by atoms with van der Waals surface area (Å²) in [5.74, 6) is -0.398.